The van der Waals surface area contributed by atoms with E-state index in [-0.39, 0.29) is 24.2 Å². The van der Waals surface area contributed by atoms with E-state index >= 15 is 0 Å². The minimum Gasteiger partial charge on any atom is -0.495 e. The highest BCUT2D eigenvalue weighted by Crippen LogP contribution is 2.29. The normalized spacial score (nSPS) is 16.6. The summed E-state index contributed by atoms with van der Waals surface area (Å²) < 4.78 is 5.24. The topological polar surface area (TPSA) is 58.6 Å². The van der Waals surface area contributed by atoms with Gasteiger partial charge in [-0.15, -0.1) is 0 Å². The lowest BCUT2D eigenvalue weighted by Gasteiger charge is -2.17. The Kier molecular flexibility index (Phi) is 5.78. The average molecular weight is 373 g/mol. The lowest BCUT2D eigenvalue weighted by molar-refractivity contribution is -0.128. The molecule has 1 fully saturated rings. The number of carbonyl (C=O) groups is 2. The van der Waals surface area contributed by atoms with E-state index in [1.807, 2.05) is 30.3 Å². The Morgan fingerprint density at radius 3 is 2.77 bits per heavy atom. The summed E-state index contributed by atoms with van der Waals surface area (Å²) in [7, 11) is 1.53. The van der Waals surface area contributed by atoms with Crippen LogP contribution < -0.4 is 10.1 Å². The molecule has 1 unspecified atom stereocenters. The zero-order valence-corrected chi connectivity index (χ0v) is 15.3. The summed E-state index contributed by atoms with van der Waals surface area (Å²) in [4.78, 5) is 26.6. The molecule has 5 nitrogen and oxygen atoms in total. The van der Waals surface area contributed by atoms with Crippen LogP contribution in [0.5, 0.6) is 5.75 Å². The average Bonchev–Trinajstić information content (AvgIpc) is 3.02. The molecule has 26 heavy (non-hydrogen) atoms. The molecule has 2 aromatic carbocycles. The van der Waals surface area contributed by atoms with Gasteiger partial charge in [-0.2, -0.15) is 0 Å². The van der Waals surface area contributed by atoms with Gasteiger partial charge in [-0.05, 0) is 30.2 Å². The Morgan fingerprint density at radius 2 is 2.04 bits per heavy atom. The molecule has 0 spiro atoms. The minimum absolute atomic E-state index is 0.0131. The largest absolute Gasteiger partial charge is 0.495 e. The van der Waals surface area contributed by atoms with Crippen molar-refractivity contribution in [2.75, 3.05) is 25.5 Å². The molecule has 3 rings (SSSR count). The van der Waals surface area contributed by atoms with Crippen LogP contribution in [-0.4, -0.2) is 36.9 Å². The van der Waals surface area contributed by atoms with E-state index < -0.39 is 0 Å². The SMILES string of the molecule is COc1ccc(Cl)cc1NC(=O)C1CC(=O)N(CCc2ccccc2)C1. The first-order valence-electron chi connectivity index (χ1n) is 8.53. The summed E-state index contributed by atoms with van der Waals surface area (Å²) in [6.45, 7) is 1.05. The van der Waals surface area contributed by atoms with Crippen molar-refractivity contribution in [1.82, 2.24) is 4.90 Å². The number of hydrogen-bond donors (Lipinski definition) is 1. The molecule has 0 aliphatic carbocycles. The number of nitrogens with one attached hydrogen (secondary N) is 1. The quantitative estimate of drug-likeness (QED) is 0.845. The van der Waals surface area contributed by atoms with Crippen molar-refractivity contribution in [3.63, 3.8) is 0 Å². The summed E-state index contributed by atoms with van der Waals surface area (Å²) in [5, 5.41) is 3.34. The van der Waals surface area contributed by atoms with Crippen LogP contribution in [-0.2, 0) is 16.0 Å². The molecule has 1 atom stereocenters. The molecule has 0 radical (unpaired) electrons. The number of anilines is 1. The summed E-state index contributed by atoms with van der Waals surface area (Å²) in [6.07, 6.45) is 1.01. The van der Waals surface area contributed by atoms with Crippen LogP contribution in [0.3, 0.4) is 0 Å². The molecule has 2 aromatic rings. The second kappa shape index (κ2) is 8.23. The van der Waals surface area contributed by atoms with Gasteiger partial charge < -0.3 is 15.0 Å². The Hall–Kier alpha value is -2.53. The van der Waals surface area contributed by atoms with Gasteiger partial charge in [0.2, 0.25) is 11.8 Å². The molecule has 136 valence electrons. The van der Waals surface area contributed by atoms with Gasteiger partial charge in [-0.25, -0.2) is 0 Å². The number of hydrogen-bond acceptors (Lipinski definition) is 3. The first-order chi connectivity index (χ1) is 12.6. The maximum atomic E-state index is 12.6. The van der Waals surface area contributed by atoms with Gasteiger partial charge in [0.1, 0.15) is 5.75 Å². The first kappa shape index (κ1) is 18.3. The summed E-state index contributed by atoms with van der Waals surface area (Å²) in [5.41, 5.74) is 1.69. The fourth-order valence-electron chi connectivity index (χ4n) is 3.09. The molecule has 2 amide bonds. The van der Waals surface area contributed by atoms with E-state index in [0.29, 0.717) is 29.5 Å². The van der Waals surface area contributed by atoms with Crippen molar-refractivity contribution < 1.29 is 14.3 Å². The Morgan fingerprint density at radius 1 is 1.27 bits per heavy atom. The van der Waals surface area contributed by atoms with Crippen LogP contribution in [0.25, 0.3) is 0 Å². The van der Waals surface area contributed by atoms with Crippen LogP contribution in [0, 0.1) is 5.92 Å². The van der Waals surface area contributed by atoms with E-state index in [2.05, 4.69) is 5.32 Å². The Labute approximate surface area is 157 Å². The third-order valence-electron chi connectivity index (χ3n) is 4.52. The van der Waals surface area contributed by atoms with Crippen LogP contribution in [0.1, 0.15) is 12.0 Å². The zero-order chi connectivity index (χ0) is 18.5. The van der Waals surface area contributed by atoms with E-state index in [1.54, 1.807) is 23.1 Å². The van der Waals surface area contributed by atoms with Gasteiger partial charge in [-0.1, -0.05) is 41.9 Å². The summed E-state index contributed by atoms with van der Waals surface area (Å²) in [6, 6.07) is 15.0. The lowest BCUT2D eigenvalue weighted by atomic mass is 10.1. The molecule has 0 saturated carbocycles. The number of ether oxygens (including phenoxy) is 1. The third-order valence-corrected chi connectivity index (χ3v) is 4.75. The van der Waals surface area contributed by atoms with Crippen molar-refractivity contribution in [2.24, 2.45) is 5.92 Å². The van der Waals surface area contributed by atoms with Crippen molar-refractivity contribution in [2.45, 2.75) is 12.8 Å². The number of nitrogens with zero attached hydrogens (tertiary/aromatic N) is 1. The second-order valence-corrected chi connectivity index (χ2v) is 6.75. The number of rotatable bonds is 6. The maximum Gasteiger partial charge on any atom is 0.229 e. The Balaban J connectivity index is 1.59. The summed E-state index contributed by atoms with van der Waals surface area (Å²) in [5.74, 6) is -0.0183. The third kappa shape index (κ3) is 4.35. The fraction of sp³-hybridized carbons (Fsp3) is 0.300. The van der Waals surface area contributed by atoms with Gasteiger partial charge in [0.15, 0.2) is 0 Å². The molecular formula is C20H21ClN2O3. The van der Waals surface area contributed by atoms with Crippen LogP contribution in [0.15, 0.2) is 48.5 Å². The van der Waals surface area contributed by atoms with Gasteiger partial charge >= 0.3 is 0 Å². The van der Waals surface area contributed by atoms with Gasteiger partial charge in [-0.3, -0.25) is 9.59 Å². The fourth-order valence-corrected chi connectivity index (χ4v) is 3.26. The number of amides is 2. The van der Waals surface area contributed by atoms with Crippen molar-refractivity contribution in [3.05, 3.63) is 59.1 Å². The highest BCUT2D eigenvalue weighted by atomic mass is 35.5. The van der Waals surface area contributed by atoms with Crippen LogP contribution in [0.2, 0.25) is 5.02 Å². The smallest absolute Gasteiger partial charge is 0.229 e. The van der Waals surface area contributed by atoms with Crippen molar-refractivity contribution in [1.29, 1.82) is 0 Å². The predicted molar refractivity (Wildman–Crippen MR) is 101 cm³/mol. The van der Waals surface area contributed by atoms with Crippen LogP contribution in [0.4, 0.5) is 5.69 Å². The molecule has 1 saturated heterocycles. The zero-order valence-electron chi connectivity index (χ0n) is 14.6. The standard InChI is InChI=1S/C20H21ClN2O3/c1-26-18-8-7-16(21)12-17(18)22-20(25)15-11-19(24)23(13-15)10-9-14-5-3-2-4-6-14/h2-8,12,15H,9-11,13H2,1H3,(H,22,25). The number of benzene rings is 2. The highest BCUT2D eigenvalue weighted by molar-refractivity contribution is 6.31. The molecule has 6 heteroatoms. The number of carbonyl (C=O) groups excluding carboxylic acids is 2. The number of likely N-dealkylation sites (tertiary alicyclic amines) is 1. The lowest BCUT2D eigenvalue weighted by Crippen LogP contribution is -2.30. The maximum absolute atomic E-state index is 12.6. The van der Waals surface area contributed by atoms with Crippen LogP contribution >= 0.6 is 11.6 Å². The van der Waals surface area contributed by atoms with Gasteiger partial charge in [0.05, 0.1) is 18.7 Å². The van der Waals surface area contributed by atoms with E-state index in [9.17, 15) is 9.59 Å². The molecule has 1 N–H and O–H groups in total. The Bertz CT molecular complexity index is 795. The number of methoxy groups -OCH3 is 1. The molecular weight excluding hydrogens is 352 g/mol. The molecule has 0 aromatic heterocycles. The number of halogens is 1. The second-order valence-electron chi connectivity index (χ2n) is 6.31. The molecule has 1 heterocycles. The highest BCUT2D eigenvalue weighted by Gasteiger charge is 2.34. The van der Waals surface area contributed by atoms with Crippen molar-refractivity contribution >= 4 is 29.1 Å². The van der Waals surface area contributed by atoms with Gasteiger partial charge in [0.25, 0.3) is 0 Å². The first-order valence-corrected chi connectivity index (χ1v) is 8.90. The summed E-state index contributed by atoms with van der Waals surface area (Å²) >= 11 is 5.99. The molecule has 0 bridgehead atoms. The van der Waals surface area contributed by atoms with E-state index in [1.165, 1.54) is 12.7 Å². The van der Waals surface area contributed by atoms with E-state index in [0.717, 1.165) is 6.42 Å². The predicted octanol–water partition coefficient (Wildman–Crippen LogP) is 3.38. The minimum atomic E-state index is -0.373. The molecule has 1 aliphatic rings. The molecule has 1 aliphatic heterocycles. The van der Waals surface area contributed by atoms with E-state index in [4.69, 9.17) is 16.3 Å². The van der Waals surface area contributed by atoms with Crippen molar-refractivity contribution in [3.8, 4) is 5.75 Å². The van der Waals surface area contributed by atoms with Gasteiger partial charge in [0, 0.05) is 24.5 Å². The monoisotopic (exact) mass is 372 g/mol.